The zero-order chi connectivity index (χ0) is 14.4. The van der Waals surface area contributed by atoms with Gasteiger partial charge in [0, 0.05) is 28.3 Å². The van der Waals surface area contributed by atoms with Crippen molar-refractivity contribution in [2.24, 2.45) is 0 Å². The van der Waals surface area contributed by atoms with E-state index in [4.69, 9.17) is 0 Å². The fraction of sp³-hybridized carbons (Fsp3) is 0.214. The zero-order valence-electron chi connectivity index (χ0n) is 11.1. The van der Waals surface area contributed by atoms with Crippen LogP contribution < -0.4 is 5.43 Å². The first-order chi connectivity index (χ1) is 10.2. The number of rotatable bonds is 2. The Labute approximate surface area is 128 Å². The number of carbonyl (C=O) groups is 1. The van der Waals surface area contributed by atoms with Crippen LogP contribution in [-0.2, 0) is 4.79 Å². The summed E-state index contributed by atoms with van der Waals surface area (Å²) in [4.78, 5) is 23.6. The number of fused-ring (bicyclic) bond motifs is 3. The highest BCUT2D eigenvalue weighted by atomic mass is 79.9. The lowest BCUT2D eigenvalue weighted by Crippen LogP contribution is -2.31. The molecule has 2 N–H and O–H groups in total. The highest BCUT2D eigenvalue weighted by molar-refractivity contribution is 9.10. The van der Waals surface area contributed by atoms with Crippen LogP contribution in [0.1, 0.15) is 12.8 Å². The van der Waals surface area contributed by atoms with E-state index in [9.17, 15) is 4.79 Å². The van der Waals surface area contributed by atoms with Gasteiger partial charge in [-0.3, -0.25) is 15.2 Å². The maximum absolute atomic E-state index is 11.8. The molecule has 1 saturated heterocycles. The molecular formula is C14H12BrN5O. The van der Waals surface area contributed by atoms with Crippen LogP contribution in [0.4, 0.5) is 5.82 Å². The first-order valence-electron chi connectivity index (χ1n) is 6.71. The third-order valence-corrected chi connectivity index (χ3v) is 4.16. The molecule has 1 aliphatic heterocycles. The topological polar surface area (TPSA) is 73.9 Å². The molecule has 0 bridgehead atoms. The Bertz CT molecular complexity index is 859. The Balaban J connectivity index is 1.89. The van der Waals surface area contributed by atoms with E-state index in [1.807, 2.05) is 18.2 Å². The van der Waals surface area contributed by atoms with Crippen LogP contribution in [0.2, 0.25) is 0 Å². The number of aromatic nitrogens is 3. The van der Waals surface area contributed by atoms with E-state index in [1.54, 1.807) is 5.01 Å². The highest BCUT2D eigenvalue weighted by Gasteiger charge is 2.22. The molecule has 1 fully saturated rings. The monoisotopic (exact) mass is 345 g/mol. The van der Waals surface area contributed by atoms with Crippen LogP contribution in [-0.4, -0.2) is 32.4 Å². The molecule has 2 aromatic heterocycles. The van der Waals surface area contributed by atoms with Gasteiger partial charge in [0.2, 0.25) is 5.91 Å². The van der Waals surface area contributed by atoms with Gasteiger partial charge in [0.25, 0.3) is 0 Å². The molecule has 0 saturated carbocycles. The molecular weight excluding hydrogens is 334 g/mol. The van der Waals surface area contributed by atoms with Gasteiger partial charge in [-0.25, -0.2) is 9.97 Å². The van der Waals surface area contributed by atoms with Gasteiger partial charge in [0.05, 0.1) is 5.39 Å². The second-order valence-corrected chi connectivity index (χ2v) is 5.94. The van der Waals surface area contributed by atoms with Crippen LogP contribution in [0.5, 0.6) is 0 Å². The first kappa shape index (κ1) is 12.6. The molecule has 4 rings (SSSR count). The number of anilines is 1. The van der Waals surface area contributed by atoms with Crippen LogP contribution in [0.15, 0.2) is 29.0 Å². The molecule has 0 unspecified atom stereocenters. The van der Waals surface area contributed by atoms with Crippen molar-refractivity contribution in [1.82, 2.24) is 20.0 Å². The summed E-state index contributed by atoms with van der Waals surface area (Å²) >= 11 is 3.49. The molecule has 1 amide bonds. The number of aromatic amines is 1. The van der Waals surface area contributed by atoms with Gasteiger partial charge in [-0.2, -0.15) is 0 Å². The third-order valence-electron chi connectivity index (χ3n) is 3.67. The Morgan fingerprint density at radius 1 is 1.33 bits per heavy atom. The largest absolute Gasteiger partial charge is 0.339 e. The normalized spacial score (nSPS) is 15.3. The summed E-state index contributed by atoms with van der Waals surface area (Å²) in [5.74, 6) is 0.752. The fourth-order valence-electron chi connectivity index (χ4n) is 2.67. The van der Waals surface area contributed by atoms with E-state index < -0.39 is 0 Å². The minimum absolute atomic E-state index is 0.0998. The molecule has 1 aromatic carbocycles. The van der Waals surface area contributed by atoms with Crippen molar-refractivity contribution >= 4 is 49.6 Å². The fourth-order valence-corrected chi connectivity index (χ4v) is 3.04. The van der Waals surface area contributed by atoms with Gasteiger partial charge in [-0.15, -0.1) is 0 Å². The van der Waals surface area contributed by atoms with Crippen LogP contribution in [0.25, 0.3) is 21.9 Å². The summed E-state index contributed by atoms with van der Waals surface area (Å²) in [6, 6.07) is 5.99. The molecule has 0 radical (unpaired) electrons. The lowest BCUT2D eigenvalue weighted by Gasteiger charge is -2.17. The van der Waals surface area contributed by atoms with E-state index in [0.29, 0.717) is 18.8 Å². The Morgan fingerprint density at radius 3 is 3.05 bits per heavy atom. The number of benzene rings is 1. The Morgan fingerprint density at radius 2 is 2.24 bits per heavy atom. The van der Waals surface area contributed by atoms with Crippen molar-refractivity contribution in [3.63, 3.8) is 0 Å². The lowest BCUT2D eigenvalue weighted by atomic mass is 10.2. The molecule has 7 heteroatoms. The molecule has 6 nitrogen and oxygen atoms in total. The zero-order valence-corrected chi connectivity index (χ0v) is 12.6. The summed E-state index contributed by atoms with van der Waals surface area (Å²) in [5.41, 5.74) is 4.88. The van der Waals surface area contributed by atoms with Crippen molar-refractivity contribution in [1.29, 1.82) is 0 Å². The number of halogens is 1. The average molecular weight is 346 g/mol. The second-order valence-electron chi connectivity index (χ2n) is 5.02. The van der Waals surface area contributed by atoms with Gasteiger partial charge in [-0.05, 0) is 24.6 Å². The molecule has 0 aliphatic carbocycles. The van der Waals surface area contributed by atoms with Crippen LogP contribution >= 0.6 is 15.9 Å². The van der Waals surface area contributed by atoms with E-state index >= 15 is 0 Å². The van der Waals surface area contributed by atoms with Crippen molar-refractivity contribution < 1.29 is 4.79 Å². The van der Waals surface area contributed by atoms with Crippen molar-refractivity contribution in [3.05, 3.63) is 29.0 Å². The van der Waals surface area contributed by atoms with Crippen molar-refractivity contribution in [3.8, 4) is 0 Å². The van der Waals surface area contributed by atoms with Crippen LogP contribution in [0.3, 0.4) is 0 Å². The third kappa shape index (κ3) is 2.04. The predicted molar refractivity (Wildman–Crippen MR) is 83.7 cm³/mol. The number of nitrogens with zero attached hydrogens (tertiary/aromatic N) is 3. The number of H-pyrrole nitrogens is 1. The molecule has 0 atom stereocenters. The molecule has 0 spiro atoms. The average Bonchev–Trinajstić information content (AvgIpc) is 3.03. The minimum Gasteiger partial charge on any atom is -0.339 e. The van der Waals surface area contributed by atoms with Gasteiger partial charge in [0.1, 0.15) is 12.0 Å². The van der Waals surface area contributed by atoms with Gasteiger partial charge in [-0.1, -0.05) is 15.9 Å². The van der Waals surface area contributed by atoms with Crippen molar-refractivity contribution in [2.75, 3.05) is 12.0 Å². The molecule has 106 valence electrons. The maximum Gasteiger partial charge on any atom is 0.241 e. The van der Waals surface area contributed by atoms with E-state index in [1.165, 1.54) is 6.33 Å². The smallest absolute Gasteiger partial charge is 0.241 e. The Kier molecular flexibility index (Phi) is 2.81. The van der Waals surface area contributed by atoms with E-state index in [2.05, 4.69) is 36.3 Å². The minimum atomic E-state index is 0.0998. The molecule has 3 aromatic rings. The first-order valence-corrected chi connectivity index (χ1v) is 7.50. The number of carbonyl (C=O) groups excluding carboxylic acids is 1. The van der Waals surface area contributed by atoms with Crippen molar-refractivity contribution in [2.45, 2.75) is 12.8 Å². The van der Waals surface area contributed by atoms with Crippen LogP contribution in [0, 0.1) is 0 Å². The summed E-state index contributed by atoms with van der Waals surface area (Å²) in [5, 5.41) is 3.54. The number of hydrogen-bond acceptors (Lipinski definition) is 4. The lowest BCUT2D eigenvalue weighted by molar-refractivity contribution is -0.126. The number of hydrogen-bond donors (Lipinski definition) is 2. The van der Waals surface area contributed by atoms with Gasteiger partial charge in [0.15, 0.2) is 5.82 Å². The summed E-state index contributed by atoms with van der Waals surface area (Å²) in [6.07, 6.45) is 2.95. The highest BCUT2D eigenvalue weighted by Crippen LogP contribution is 2.31. The summed E-state index contributed by atoms with van der Waals surface area (Å²) in [6.45, 7) is 0.705. The molecule has 1 aliphatic rings. The van der Waals surface area contributed by atoms with E-state index in [0.717, 1.165) is 32.8 Å². The summed E-state index contributed by atoms with van der Waals surface area (Å²) < 4.78 is 0.989. The number of nitrogens with one attached hydrogen (secondary N) is 2. The molecule has 3 heterocycles. The van der Waals surface area contributed by atoms with Gasteiger partial charge >= 0.3 is 0 Å². The summed E-state index contributed by atoms with van der Waals surface area (Å²) in [7, 11) is 0. The Hall–Kier alpha value is -2.15. The van der Waals surface area contributed by atoms with Gasteiger partial charge < -0.3 is 4.98 Å². The molecule has 21 heavy (non-hydrogen) atoms. The van der Waals surface area contributed by atoms with E-state index in [-0.39, 0.29) is 5.91 Å². The number of hydrazine groups is 1. The SMILES string of the molecule is O=C1CCCN1Nc1ncnc2[nH]c3ccc(Br)cc3c12. The predicted octanol–water partition coefficient (Wildman–Crippen LogP) is 2.82. The number of amides is 1. The maximum atomic E-state index is 11.8. The standard InChI is InChI=1S/C14H12BrN5O/c15-8-3-4-10-9(6-8)12-13(18-10)16-7-17-14(12)19-20-5-1-2-11(20)21/h3-4,6-7H,1-2,5H2,(H2,16,17,18,19). The quantitative estimate of drug-likeness (QED) is 0.748. The second kappa shape index (κ2) is 4.70.